The SMILES string of the molecule is CCn1cc([C@@H]2OCCC[C@H]2CNC(=O)c2ccncc2C)cn1. The van der Waals surface area contributed by atoms with Crippen molar-refractivity contribution >= 4 is 5.91 Å². The Hall–Kier alpha value is -2.21. The lowest BCUT2D eigenvalue weighted by molar-refractivity contribution is -0.0273. The van der Waals surface area contributed by atoms with E-state index >= 15 is 0 Å². The topological polar surface area (TPSA) is 69.0 Å². The number of aryl methyl sites for hydroxylation is 2. The molecule has 0 saturated carbocycles. The predicted molar refractivity (Wildman–Crippen MR) is 90.6 cm³/mol. The van der Waals surface area contributed by atoms with Crippen molar-refractivity contribution in [2.45, 2.75) is 39.3 Å². The molecule has 6 nitrogen and oxygen atoms in total. The molecule has 0 radical (unpaired) electrons. The van der Waals surface area contributed by atoms with Gasteiger partial charge >= 0.3 is 0 Å². The molecule has 0 aromatic carbocycles. The highest BCUT2D eigenvalue weighted by Crippen LogP contribution is 2.33. The molecule has 0 spiro atoms. The van der Waals surface area contributed by atoms with Gasteiger partial charge in [-0.1, -0.05) is 0 Å². The van der Waals surface area contributed by atoms with E-state index in [1.807, 2.05) is 24.0 Å². The third-order valence-electron chi connectivity index (χ3n) is 4.54. The maximum Gasteiger partial charge on any atom is 0.251 e. The first-order chi connectivity index (χ1) is 11.7. The number of pyridine rings is 1. The first-order valence-electron chi connectivity index (χ1n) is 8.51. The van der Waals surface area contributed by atoms with Gasteiger partial charge in [-0.15, -0.1) is 0 Å². The number of hydrogen-bond acceptors (Lipinski definition) is 4. The summed E-state index contributed by atoms with van der Waals surface area (Å²) >= 11 is 0. The fourth-order valence-electron chi connectivity index (χ4n) is 3.17. The van der Waals surface area contributed by atoms with Gasteiger partial charge in [-0.2, -0.15) is 5.10 Å². The van der Waals surface area contributed by atoms with Crippen LogP contribution in [0, 0.1) is 12.8 Å². The Morgan fingerprint density at radius 3 is 3.08 bits per heavy atom. The molecular weight excluding hydrogens is 304 g/mol. The van der Waals surface area contributed by atoms with Crippen LogP contribution in [0.2, 0.25) is 0 Å². The van der Waals surface area contributed by atoms with E-state index in [0.717, 1.165) is 37.1 Å². The molecule has 6 heteroatoms. The van der Waals surface area contributed by atoms with Crippen LogP contribution in [-0.2, 0) is 11.3 Å². The highest BCUT2D eigenvalue weighted by molar-refractivity contribution is 5.95. The van der Waals surface area contributed by atoms with Crippen LogP contribution in [-0.4, -0.2) is 33.8 Å². The minimum Gasteiger partial charge on any atom is -0.373 e. The third kappa shape index (κ3) is 3.64. The number of nitrogens with one attached hydrogen (secondary N) is 1. The Balaban J connectivity index is 1.66. The van der Waals surface area contributed by atoms with Crippen molar-refractivity contribution in [3.63, 3.8) is 0 Å². The van der Waals surface area contributed by atoms with E-state index in [4.69, 9.17) is 4.74 Å². The molecule has 1 amide bonds. The predicted octanol–water partition coefficient (Wildman–Crippen LogP) is 2.50. The van der Waals surface area contributed by atoms with Gasteiger partial charge in [-0.3, -0.25) is 14.5 Å². The van der Waals surface area contributed by atoms with Crippen LogP contribution in [0.1, 0.15) is 47.4 Å². The molecule has 0 bridgehead atoms. The molecule has 128 valence electrons. The molecule has 1 saturated heterocycles. The molecule has 2 atom stereocenters. The molecule has 1 aliphatic rings. The molecule has 2 aromatic heterocycles. The molecule has 2 aromatic rings. The second-order valence-electron chi connectivity index (χ2n) is 6.22. The summed E-state index contributed by atoms with van der Waals surface area (Å²) in [5.41, 5.74) is 2.66. The molecule has 0 unspecified atom stereocenters. The highest BCUT2D eigenvalue weighted by Gasteiger charge is 2.29. The van der Waals surface area contributed by atoms with E-state index in [0.29, 0.717) is 12.1 Å². The zero-order valence-corrected chi connectivity index (χ0v) is 14.2. The Bertz CT molecular complexity index is 698. The van der Waals surface area contributed by atoms with E-state index in [9.17, 15) is 4.79 Å². The van der Waals surface area contributed by atoms with Crippen molar-refractivity contribution in [2.75, 3.05) is 13.2 Å². The first-order valence-corrected chi connectivity index (χ1v) is 8.51. The van der Waals surface area contributed by atoms with Crippen molar-refractivity contribution in [3.05, 3.63) is 47.5 Å². The average molecular weight is 328 g/mol. The molecule has 1 N–H and O–H groups in total. The molecule has 1 aliphatic heterocycles. The number of nitrogens with zero attached hydrogens (tertiary/aromatic N) is 3. The van der Waals surface area contributed by atoms with E-state index < -0.39 is 0 Å². The second kappa shape index (κ2) is 7.57. The number of aromatic nitrogens is 3. The van der Waals surface area contributed by atoms with Gasteiger partial charge in [-0.05, 0) is 38.3 Å². The van der Waals surface area contributed by atoms with E-state index in [2.05, 4.69) is 22.3 Å². The van der Waals surface area contributed by atoms with Crippen LogP contribution < -0.4 is 5.32 Å². The lowest BCUT2D eigenvalue weighted by Gasteiger charge is -2.31. The summed E-state index contributed by atoms with van der Waals surface area (Å²) in [6.07, 6.45) is 9.33. The van der Waals surface area contributed by atoms with Crippen molar-refractivity contribution in [2.24, 2.45) is 5.92 Å². The fraction of sp³-hybridized carbons (Fsp3) is 0.500. The number of carbonyl (C=O) groups excluding carboxylic acids is 1. The number of amides is 1. The van der Waals surface area contributed by atoms with Gasteiger partial charge in [0.25, 0.3) is 5.91 Å². The van der Waals surface area contributed by atoms with Gasteiger partial charge in [0.05, 0.1) is 12.3 Å². The largest absolute Gasteiger partial charge is 0.373 e. The summed E-state index contributed by atoms with van der Waals surface area (Å²) in [7, 11) is 0. The third-order valence-corrected chi connectivity index (χ3v) is 4.54. The van der Waals surface area contributed by atoms with Crippen LogP contribution in [0.15, 0.2) is 30.9 Å². The normalized spacial score (nSPS) is 20.8. The molecule has 3 heterocycles. The van der Waals surface area contributed by atoms with Crippen molar-refractivity contribution in [3.8, 4) is 0 Å². The lowest BCUT2D eigenvalue weighted by atomic mass is 9.90. The van der Waals surface area contributed by atoms with Crippen LogP contribution >= 0.6 is 0 Å². The van der Waals surface area contributed by atoms with Crippen molar-refractivity contribution < 1.29 is 9.53 Å². The molecule has 3 rings (SSSR count). The lowest BCUT2D eigenvalue weighted by Crippen LogP contribution is -2.35. The fourth-order valence-corrected chi connectivity index (χ4v) is 3.17. The van der Waals surface area contributed by atoms with Gasteiger partial charge in [0.2, 0.25) is 0 Å². The minimum absolute atomic E-state index is 0.00196. The standard InChI is InChI=1S/C18H24N4O2/c1-3-22-12-15(11-21-22)17-14(5-4-8-24-17)10-20-18(23)16-6-7-19-9-13(16)2/h6-7,9,11-12,14,17H,3-5,8,10H2,1-2H3,(H,20,23)/t14-,17+/m0/s1. The molecule has 0 aliphatic carbocycles. The smallest absolute Gasteiger partial charge is 0.251 e. The van der Waals surface area contributed by atoms with Crippen LogP contribution in [0.5, 0.6) is 0 Å². The summed E-state index contributed by atoms with van der Waals surface area (Å²) in [6, 6.07) is 1.75. The number of hydrogen-bond donors (Lipinski definition) is 1. The van der Waals surface area contributed by atoms with Gasteiger partial charge in [0, 0.05) is 55.3 Å². The first kappa shape index (κ1) is 16.6. The van der Waals surface area contributed by atoms with Crippen LogP contribution in [0.25, 0.3) is 0 Å². The van der Waals surface area contributed by atoms with Gasteiger partial charge in [-0.25, -0.2) is 0 Å². The maximum absolute atomic E-state index is 12.4. The quantitative estimate of drug-likeness (QED) is 0.915. The van der Waals surface area contributed by atoms with Crippen molar-refractivity contribution in [1.82, 2.24) is 20.1 Å². The van der Waals surface area contributed by atoms with Gasteiger partial charge in [0.15, 0.2) is 0 Å². The van der Waals surface area contributed by atoms with Crippen LogP contribution in [0.3, 0.4) is 0 Å². The number of ether oxygens (including phenoxy) is 1. The summed E-state index contributed by atoms with van der Waals surface area (Å²) in [5, 5.41) is 7.40. The van der Waals surface area contributed by atoms with Gasteiger partial charge in [0.1, 0.15) is 0 Å². The minimum atomic E-state index is -0.0523. The summed E-state index contributed by atoms with van der Waals surface area (Å²) in [6.45, 7) is 6.16. The Morgan fingerprint density at radius 1 is 1.46 bits per heavy atom. The average Bonchev–Trinajstić information content (AvgIpc) is 3.09. The Kier molecular flexibility index (Phi) is 5.25. The highest BCUT2D eigenvalue weighted by atomic mass is 16.5. The number of carbonyl (C=O) groups is 1. The monoisotopic (exact) mass is 328 g/mol. The Morgan fingerprint density at radius 2 is 2.33 bits per heavy atom. The van der Waals surface area contributed by atoms with E-state index in [1.54, 1.807) is 18.5 Å². The molecule has 1 fully saturated rings. The van der Waals surface area contributed by atoms with Crippen molar-refractivity contribution in [1.29, 1.82) is 0 Å². The van der Waals surface area contributed by atoms with Crippen LogP contribution in [0.4, 0.5) is 0 Å². The molecule has 24 heavy (non-hydrogen) atoms. The second-order valence-corrected chi connectivity index (χ2v) is 6.22. The summed E-state index contributed by atoms with van der Waals surface area (Å²) < 4.78 is 7.89. The van der Waals surface area contributed by atoms with E-state index in [-0.39, 0.29) is 17.9 Å². The van der Waals surface area contributed by atoms with E-state index in [1.165, 1.54) is 0 Å². The zero-order chi connectivity index (χ0) is 16.9. The maximum atomic E-state index is 12.4. The number of rotatable bonds is 5. The Labute approximate surface area is 142 Å². The van der Waals surface area contributed by atoms with Gasteiger partial charge < -0.3 is 10.1 Å². The summed E-state index contributed by atoms with van der Waals surface area (Å²) in [4.78, 5) is 16.4. The summed E-state index contributed by atoms with van der Waals surface area (Å²) in [5.74, 6) is 0.211. The molecular formula is C18H24N4O2. The zero-order valence-electron chi connectivity index (χ0n) is 14.2.